The van der Waals surface area contributed by atoms with Gasteiger partial charge in [-0.3, -0.25) is 4.79 Å². The molecule has 0 bridgehead atoms. The van der Waals surface area contributed by atoms with Crippen LogP contribution in [0.2, 0.25) is 0 Å². The molecule has 1 atom stereocenters. The van der Waals surface area contributed by atoms with E-state index in [1.54, 1.807) is 6.07 Å². The molecule has 0 heterocycles. The van der Waals surface area contributed by atoms with Gasteiger partial charge >= 0.3 is 0 Å². The summed E-state index contributed by atoms with van der Waals surface area (Å²) in [5.41, 5.74) is 0.296. The highest BCUT2D eigenvalue weighted by Gasteiger charge is 2.18. The van der Waals surface area contributed by atoms with Crippen LogP contribution in [0, 0.1) is 5.92 Å². The molecule has 0 spiro atoms. The van der Waals surface area contributed by atoms with Gasteiger partial charge in [-0.05, 0) is 31.0 Å². The molecule has 0 radical (unpaired) electrons. The Labute approximate surface area is 124 Å². The van der Waals surface area contributed by atoms with E-state index in [2.05, 4.69) is 19.2 Å². The van der Waals surface area contributed by atoms with Gasteiger partial charge in [0.05, 0.1) is 4.90 Å². The molecule has 0 aromatic heterocycles. The topological polar surface area (TPSA) is 63.2 Å². The lowest BCUT2D eigenvalue weighted by Crippen LogP contribution is -2.37. The first-order valence-corrected chi connectivity index (χ1v) is 8.96. The minimum atomic E-state index is -3.82. The number of carbonyl (C=O) groups excluding carboxylic acids is 1. The molecule has 0 fully saturated rings. The van der Waals surface area contributed by atoms with Crippen LogP contribution in [0.25, 0.3) is 0 Å². The lowest BCUT2D eigenvalue weighted by atomic mass is 9.95. The third-order valence-corrected chi connectivity index (χ3v) is 4.84. The van der Waals surface area contributed by atoms with Gasteiger partial charge in [0, 0.05) is 22.3 Å². The molecule has 0 saturated carbocycles. The number of carbonyl (C=O) groups is 1. The molecular weight excluding hydrogens is 298 g/mol. The first kappa shape index (κ1) is 17.0. The fraction of sp³-hybridized carbons (Fsp3) is 0.500. The quantitative estimate of drug-likeness (QED) is 0.820. The van der Waals surface area contributed by atoms with Crippen molar-refractivity contribution in [1.82, 2.24) is 5.32 Å². The number of hydrogen-bond acceptors (Lipinski definition) is 3. The lowest BCUT2D eigenvalue weighted by molar-refractivity contribution is 0.0925. The first-order chi connectivity index (χ1) is 9.29. The van der Waals surface area contributed by atoms with Gasteiger partial charge < -0.3 is 5.32 Å². The molecule has 0 aliphatic rings. The highest BCUT2D eigenvalue weighted by atomic mass is 35.7. The molecule has 1 aromatic rings. The number of amides is 1. The number of benzene rings is 1. The van der Waals surface area contributed by atoms with Crippen LogP contribution in [0.3, 0.4) is 0 Å². The van der Waals surface area contributed by atoms with Crippen molar-refractivity contribution in [3.8, 4) is 0 Å². The second-order valence-electron chi connectivity index (χ2n) is 4.80. The van der Waals surface area contributed by atoms with Gasteiger partial charge in [0.2, 0.25) is 0 Å². The number of hydrogen-bond donors (Lipinski definition) is 1. The van der Waals surface area contributed by atoms with Crippen LogP contribution in [-0.2, 0) is 9.05 Å². The minimum absolute atomic E-state index is 0.0359. The molecule has 6 heteroatoms. The van der Waals surface area contributed by atoms with E-state index < -0.39 is 9.05 Å². The molecule has 4 nitrogen and oxygen atoms in total. The van der Waals surface area contributed by atoms with Crippen LogP contribution < -0.4 is 5.32 Å². The molecule has 1 unspecified atom stereocenters. The van der Waals surface area contributed by atoms with Crippen molar-refractivity contribution in [2.24, 2.45) is 5.92 Å². The summed E-state index contributed by atoms with van der Waals surface area (Å²) in [5, 5.41) is 2.90. The zero-order valence-corrected chi connectivity index (χ0v) is 13.5. The number of rotatable bonds is 6. The second kappa shape index (κ2) is 7.09. The van der Waals surface area contributed by atoms with E-state index >= 15 is 0 Å². The Hall–Kier alpha value is -1.07. The minimum Gasteiger partial charge on any atom is -0.349 e. The molecule has 1 aromatic carbocycles. The molecular formula is C14H20ClNO3S. The molecule has 0 saturated heterocycles. The Balaban J connectivity index is 2.88. The SMILES string of the molecule is CCC(CC)C(C)NC(=O)c1cccc(S(=O)(=O)Cl)c1. The molecule has 0 aliphatic carbocycles. The summed E-state index contributed by atoms with van der Waals surface area (Å²) in [7, 11) is 1.46. The summed E-state index contributed by atoms with van der Waals surface area (Å²) in [6, 6.07) is 5.77. The Morgan fingerprint density at radius 2 is 1.90 bits per heavy atom. The van der Waals surface area contributed by atoms with Gasteiger partial charge in [-0.25, -0.2) is 8.42 Å². The van der Waals surface area contributed by atoms with Crippen LogP contribution in [0.15, 0.2) is 29.2 Å². The van der Waals surface area contributed by atoms with Crippen LogP contribution in [0.1, 0.15) is 44.0 Å². The second-order valence-corrected chi connectivity index (χ2v) is 7.37. The third-order valence-electron chi connectivity index (χ3n) is 3.49. The van der Waals surface area contributed by atoms with Gasteiger partial charge in [-0.2, -0.15) is 0 Å². The van der Waals surface area contributed by atoms with Gasteiger partial charge in [-0.1, -0.05) is 32.8 Å². The molecule has 112 valence electrons. The summed E-state index contributed by atoms with van der Waals surface area (Å²) in [6.07, 6.45) is 1.96. The summed E-state index contributed by atoms with van der Waals surface area (Å²) < 4.78 is 22.5. The first-order valence-electron chi connectivity index (χ1n) is 6.65. The van der Waals surface area contributed by atoms with E-state index in [-0.39, 0.29) is 16.8 Å². The van der Waals surface area contributed by atoms with E-state index in [1.165, 1.54) is 18.2 Å². The van der Waals surface area contributed by atoms with Gasteiger partial charge in [-0.15, -0.1) is 0 Å². The van der Waals surface area contributed by atoms with Crippen LogP contribution in [-0.4, -0.2) is 20.4 Å². The maximum Gasteiger partial charge on any atom is 0.261 e. The Kier molecular flexibility index (Phi) is 6.02. The summed E-state index contributed by atoms with van der Waals surface area (Å²) in [5.74, 6) is 0.116. The Bertz CT molecular complexity index is 568. The maximum atomic E-state index is 12.1. The van der Waals surface area contributed by atoms with Crippen LogP contribution in [0.4, 0.5) is 0 Å². The fourth-order valence-corrected chi connectivity index (χ4v) is 2.99. The number of halogens is 1. The van der Waals surface area contributed by atoms with E-state index in [0.717, 1.165) is 12.8 Å². The van der Waals surface area contributed by atoms with Crippen LogP contribution >= 0.6 is 10.7 Å². The van der Waals surface area contributed by atoms with Crippen LogP contribution in [0.5, 0.6) is 0 Å². The molecule has 1 rings (SSSR count). The smallest absolute Gasteiger partial charge is 0.261 e. The number of nitrogens with one attached hydrogen (secondary N) is 1. The van der Waals surface area contributed by atoms with Crippen molar-refractivity contribution < 1.29 is 13.2 Å². The van der Waals surface area contributed by atoms with Gasteiger partial charge in [0.1, 0.15) is 0 Å². The van der Waals surface area contributed by atoms with E-state index in [9.17, 15) is 13.2 Å². The van der Waals surface area contributed by atoms with E-state index in [4.69, 9.17) is 10.7 Å². The third kappa shape index (κ3) is 4.49. The largest absolute Gasteiger partial charge is 0.349 e. The standard InChI is InChI=1S/C14H20ClNO3S/c1-4-11(5-2)10(3)16-14(17)12-7-6-8-13(9-12)20(15,18)19/h6-11H,4-5H2,1-3H3,(H,16,17). The van der Waals surface area contributed by atoms with Crippen molar-refractivity contribution in [2.75, 3.05) is 0 Å². The monoisotopic (exact) mass is 317 g/mol. The van der Waals surface area contributed by atoms with E-state index in [0.29, 0.717) is 11.5 Å². The summed E-state index contributed by atoms with van der Waals surface area (Å²) in [6.45, 7) is 6.12. The molecule has 20 heavy (non-hydrogen) atoms. The normalized spacial score (nSPS) is 13.2. The predicted molar refractivity (Wildman–Crippen MR) is 80.5 cm³/mol. The van der Waals surface area contributed by atoms with Crippen molar-refractivity contribution in [1.29, 1.82) is 0 Å². The van der Waals surface area contributed by atoms with Crippen molar-refractivity contribution in [3.05, 3.63) is 29.8 Å². The fourth-order valence-electron chi connectivity index (χ4n) is 2.19. The average molecular weight is 318 g/mol. The lowest BCUT2D eigenvalue weighted by Gasteiger charge is -2.22. The van der Waals surface area contributed by atoms with Crippen molar-refractivity contribution in [2.45, 2.75) is 44.6 Å². The van der Waals surface area contributed by atoms with E-state index in [1.807, 2.05) is 6.92 Å². The predicted octanol–water partition coefficient (Wildman–Crippen LogP) is 3.17. The highest BCUT2D eigenvalue weighted by Crippen LogP contribution is 2.17. The molecule has 1 N–H and O–H groups in total. The summed E-state index contributed by atoms with van der Waals surface area (Å²) >= 11 is 0. The maximum absolute atomic E-state index is 12.1. The highest BCUT2D eigenvalue weighted by molar-refractivity contribution is 8.13. The van der Waals surface area contributed by atoms with Crippen molar-refractivity contribution in [3.63, 3.8) is 0 Å². The molecule has 1 amide bonds. The van der Waals surface area contributed by atoms with Gasteiger partial charge in [0.25, 0.3) is 15.0 Å². The Morgan fingerprint density at radius 1 is 1.30 bits per heavy atom. The van der Waals surface area contributed by atoms with Gasteiger partial charge in [0.15, 0.2) is 0 Å². The molecule has 0 aliphatic heterocycles. The average Bonchev–Trinajstić information content (AvgIpc) is 2.39. The zero-order chi connectivity index (χ0) is 15.3. The summed E-state index contributed by atoms with van der Waals surface area (Å²) in [4.78, 5) is 12.1. The Morgan fingerprint density at radius 3 is 2.40 bits per heavy atom. The zero-order valence-electron chi connectivity index (χ0n) is 11.9. The van der Waals surface area contributed by atoms with Crippen molar-refractivity contribution >= 4 is 25.6 Å².